The number of para-hydroxylation sites is 1. The summed E-state index contributed by atoms with van der Waals surface area (Å²) < 4.78 is 37.7. The Balaban J connectivity index is 1.47. The van der Waals surface area contributed by atoms with Gasteiger partial charge in [-0.3, -0.25) is 9.10 Å². The predicted molar refractivity (Wildman–Crippen MR) is 117 cm³/mol. The van der Waals surface area contributed by atoms with E-state index in [9.17, 15) is 13.2 Å². The Labute approximate surface area is 181 Å². The van der Waals surface area contributed by atoms with Gasteiger partial charge in [0.05, 0.1) is 10.6 Å². The average molecular weight is 439 g/mol. The number of carbonyl (C=O) groups excluding carboxylic acids is 1. The molecule has 0 fully saturated rings. The molecular formula is C23H22N2O5S. The number of fused-ring (bicyclic) bond motifs is 1. The van der Waals surface area contributed by atoms with Gasteiger partial charge in [-0.05, 0) is 54.1 Å². The van der Waals surface area contributed by atoms with Crippen LogP contribution < -0.4 is 13.8 Å². The summed E-state index contributed by atoms with van der Waals surface area (Å²) in [4.78, 5) is 14.5. The molecule has 1 aliphatic rings. The van der Waals surface area contributed by atoms with Gasteiger partial charge in [0, 0.05) is 26.2 Å². The summed E-state index contributed by atoms with van der Waals surface area (Å²) in [6.45, 7) is 0.578. The van der Waals surface area contributed by atoms with E-state index in [0.29, 0.717) is 29.3 Å². The number of nitrogens with zero attached hydrogens (tertiary/aromatic N) is 2. The summed E-state index contributed by atoms with van der Waals surface area (Å²) in [6.07, 6.45) is 0. The Kier molecular flexibility index (Phi) is 5.56. The van der Waals surface area contributed by atoms with Crippen LogP contribution in [0.2, 0.25) is 0 Å². The number of anilines is 1. The molecule has 3 aromatic carbocycles. The van der Waals surface area contributed by atoms with Crippen LogP contribution >= 0.6 is 0 Å². The van der Waals surface area contributed by atoms with Crippen LogP contribution in [0.5, 0.6) is 11.5 Å². The lowest BCUT2D eigenvalue weighted by molar-refractivity contribution is 0.0785. The number of sulfonamides is 1. The largest absolute Gasteiger partial charge is 0.454 e. The van der Waals surface area contributed by atoms with Crippen LogP contribution in [0.3, 0.4) is 0 Å². The van der Waals surface area contributed by atoms with Crippen molar-refractivity contribution in [2.75, 3.05) is 25.2 Å². The standard InChI is InChI=1S/C23H22N2O5S/c1-24(15-17-8-13-21-22(14-17)30-16-29-21)23(26)18-9-11-20(12-10-18)31(27,28)25(2)19-6-4-3-5-7-19/h3-14H,15-16H2,1-2H3. The van der Waals surface area contributed by atoms with Gasteiger partial charge in [-0.25, -0.2) is 8.42 Å². The first kappa shape index (κ1) is 20.7. The smallest absolute Gasteiger partial charge is 0.264 e. The summed E-state index contributed by atoms with van der Waals surface area (Å²) >= 11 is 0. The first-order chi connectivity index (χ1) is 14.9. The van der Waals surface area contributed by atoms with Crippen molar-refractivity contribution in [1.29, 1.82) is 0 Å². The van der Waals surface area contributed by atoms with E-state index < -0.39 is 10.0 Å². The van der Waals surface area contributed by atoms with Crippen molar-refractivity contribution in [3.63, 3.8) is 0 Å². The lowest BCUT2D eigenvalue weighted by atomic mass is 10.1. The minimum atomic E-state index is -3.73. The Morgan fingerprint density at radius 3 is 2.29 bits per heavy atom. The van der Waals surface area contributed by atoms with Gasteiger partial charge < -0.3 is 14.4 Å². The summed E-state index contributed by atoms with van der Waals surface area (Å²) in [5.41, 5.74) is 1.87. The monoisotopic (exact) mass is 438 g/mol. The van der Waals surface area contributed by atoms with Gasteiger partial charge in [0.25, 0.3) is 15.9 Å². The van der Waals surface area contributed by atoms with Crippen LogP contribution in [0, 0.1) is 0 Å². The highest BCUT2D eigenvalue weighted by molar-refractivity contribution is 7.92. The first-order valence-corrected chi connectivity index (χ1v) is 11.1. The van der Waals surface area contributed by atoms with Gasteiger partial charge >= 0.3 is 0 Å². The minimum Gasteiger partial charge on any atom is -0.454 e. The van der Waals surface area contributed by atoms with Crippen molar-refractivity contribution in [2.45, 2.75) is 11.4 Å². The third kappa shape index (κ3) is 4.20. The van der Waals surface area contributed by atoms with Crippen molar-refractivity contribution in [3.05, 3.63) is 83.9 Å². The normalized spacial score (nSPS) is 12.5. The second kappa shape index (κ2) is 8.31. The van der Waals surface area contributed by atoms with E-state index in [1.807, 2.05) is 24.3 Å². The number of hydrogen-bond donors (Lipinski definition) is 0. The molecule has 0 aromatic heterocycles. The number of rotatable bonds is 6. The number of amides is 1. The van der Waals surface area contributed by atoms with E-state index in [4.69, 9.17) is 9.47 Å². The van der Waals surface area contributed by atoms with Crippen molar-refractivity contribution in [1.82, 2.24) is 4.90 Å². The molecule has 7 nitrogen and oxygen atoms in total. The molecular weight excluding hydrogens is 416 g/mol. The second-order valence-electron chi connectivity index (χ2n) is 7.18. The van der Waals surface area contributed by atoms with Crippen molar-refractivity contribution < 1.29 is 22.7 Å². The molecule has 4 rings (SSSR count). The number of carbonyl (C=O) groups is 1. The first-order valence-electron chi connectivity index (χ1n) is 9.64. The van der Waals surface area contributed by atoms with Crippen LogP contribution in [-0.4, -0.2) is 40.1 Å². The molecule has 8 heteroatoms. The van der Waals surface area contributed by atoms with Crippen molar-refractivity contribution in [3.8, 4) is 11.5 Å². The lowest BCUT2D eigenvalue weighted by Crippen LogP contribution is -2.27. The Bertz CT molecular complexity index is 1190. The molecule has 0 unspecified atom stereocenters. The summed E-state index contributed by atoms with van der Waals surface area (Å²) in [6, 6.07) is 20.3. The molecule has 31 heavy (non-hydrogen) atoms. The molecule has 1 amide bonds. The van der Waals surface area contributed by atoms with Crippen LogP contribution in [0.25, 0.3) is 0 Å². The Hall–Kier alpha value is -3.52. The zero-order valence-electron chi connectivity index (χ0n) is 17.2. The second-order valence-corrected chi connectivity index (χ2v) is 9.15. The Morgan fingerprint density at radius 2 is 1.58 bits per heavy atom. The maximum absolute atomic E-state index is 12.9. The highest BCUT2D eigenvalue weighted by Crippen LogP contribution is 2.32. The Morgan fingerprint density at radius 1 is 0.903 bits per heavy atom. The molecule has 0 atom stereocenters. The lowest BCUT2D eigenvalue weighted by Gasteiger charge is -2.20. The van der Waals surface area contributed by atoms with E-state index in [1.165, 1.54) is 35.6 Å². The number of hydrogen-bond acceptors (Lipinski definition) is 5. The van der Waals surface area contributed by atoms with Crippen molar-refractivity contribution >= 4 is 21.6 Å². The molecule has 0 radical (unpaired) electrons. The molecule has 160 valence electrons. The van der Waals surface area contributed by atoms with Gasteiger partial charge in [-0.15, -0.1) is 0 Å². The molecule has 3 aromatic rings. The predicted octanol–water partition coefficient (Wildman–Crippen LogP) is 3.51. The van der Waals surface area contributed by atoms with Gasteiger partial charge in [-0.1, -0.05) is 24.3 Å². The van der Waals surface area contributed by atoms with Crippen molar-refractivity contribution in [2.24, 2.45) is 0 Å². The van der Waals surface area contributed by atoms with Gasteiger partial charge in [0.2, 0.25) is 6.79 Å². The SMILES string of the molecule is CN(Cc1ccc2c(c1)OCO2)C(=O)c1ccc(S(=O)(=O)N(C)c2ccccc2)cc1. The molecule has 0 spiro atoms. The third-order valence-electron chi connectivity index (χ3n) is 5.08. The summed E-state index contributed by atoms with van der Waals surface area (Å²) in [5.74, 6) is 1.14. The fraction of sp³-hybridized carbons (Fsp3) is 0.174. The summed E-state index contributed by atoms with van der Waals surface area (Å²) in [5, 5.41) is 0. The van der Waals surface area contributed by atoms with E-state index in [1.54, 1.807) is 36.2 Å². The zero-order valence-corrected chi connectivity index (χ0v) is 18.0. The fourth-order valence-corrected chi connectivity index (χ4v) is 4.51. The van der Waals surface area contributed by atoms with Crippen LogP contribution in [0.15, 0.2) is 77.7 Å². The van der Waals surface area contributed by atoms with Crippen LogP contribution in [-0.2, 0) is 16.6 Å². The van der Waals surface area contributed by atoms with E-state index in [2.05, 4.69) is 0 Å². The highest BCUT2D eigenvalue weighted by atomic mass is 32.2. The quantitative estimate of drug-likeness (QED) is 0.589. The fourth-order valence-electron chi connectivity index (χ4n) is 3.31. The number of ether oxygens (including phenoxy) is 2. The molecule has 0 aliphatic carbocycles. The van der Waals surface area contributed by atoms with E-state index in [-0.39, 0.29) is 17.6 Å². The van der Waals surface area contributed by atoms with Crippen LogP contribution in [0.4, 0.5) is 5.69 Å². The minimum absolute atomic E-state index is 0.119. The molecule has 0 N–H and O–H groups in total. The van der Waals surface area contributed by atoms with Gasteiger partial charge in [0.15, 0.2) is 11.5 Å². The molecule has 1 aliphatic heterocycles. The topological polar surface area (TPSA) is 76.1 Å². The summed E-state index contributed by atoms with van der Waals surface area (Å²) in [7, 11) is -0.528. The third-order valence-corrected chi connectivity index (χ3v) is 6.88. The maximum atomic E-state index is 12.9. The van der Waals surface area contributed by atoms with Gasteiger partial charge in [0.1, 0.15) is 0 Å². The van der Waals surface area contributed by atoms with Gasteiger partial charge in [-0.2, -0.15) is 0 Å². The molecule has 0 bridgehead atoms. The molecule has 0 saturated carbocycles. The maximum Gasteiger partial charge on any atom is 0.264 e. The zero-order chi connectivity index (χ0) is 22.0. The molecule has 0 saturated heterocycles. The van der Waals surface area contributed by atoms with E-state index >= 15 is 0 Å². The molecule has 1 heterocycles. The highest BCUT2D eigenvalue weighted by Gasteiger charge is 2.22. The van der Waals surface area contributed by atoms with Crippen LogP contribution in [0.1, 0.15) is 15.9 Å². The van der Waals surface area contributed by atoms with E-state index in [0.717, 1.165) is 5.56 Å². The number of benzene rings is 3. The average Bonchev–Trinajstić information content (AvgIpc) is 3.26.